The van der Waals surface area contributed by atoms with Crippen molar-refractivity contribution in [3.63, 3.8) is 0 Å². The lowest BCUT2D eigenvalue weighted by atomic mass is 10.1. The van der Waals surface area contributed by atoms with Crippen molar-refractivity contribution in [3.8, 4) is 0 Å². The molecule has 21 heavy (non-hydrogen) atoms. The van der Waals surface area contributed by atoms with E-state index in [2.05, 4.69) is 21.2 Å². The molecule has 2 rings (SSSR count). The van der Waals surface area contributed by atoms with Crippen molar-refractivity contribution in [3.05, 3.63) is 68.7 Å². The maximum atomic E-state index is 13.7. The van der Waals surface area contributed by atoms with Gasteiger partial charge in [0.15, 0.2) is 0 Å². The van der Waals surface area contributed by atoms with Crippen LogP contribution in [0.2, 0.25) is 5.02 Å². The molecule has 1 N–H and O–H groups in total. The number of nitrogens with one attached hydrogen (secondary N) is 1. The largest absolute Gasteiger partial charge is 0.345 e. The highest BCUT2D eigenvalue weighted by atomic mass is 79.9. The van der Waals surface area contributed by atoms with Gasteiger partial charge in [0.05, 0.1) is 16.6 Å². The van der Waals surface area contributed by atoms with Crippen molar-refractivity contribution in [1.82, 2.24) is 5.32 Å². The molecule has 0 saturated heterocycles. The highest BCUT2D eigenvalue weighted by molar-refractivity contribution is 9.10. The van der Waals surface area contributed by atoms with E-state index in [0.29, 0.717) is 0 Å². The third kappa shape index (κ3) is 3.80. The first-order chi connectivity index (χ1) is 9.88. The van der Waals surface area contributed by atoms with E-state index in [1.165, 1.54) is 0 Å². The Bertz CT molecular complexity index is 676. The molecule has 6 heteroatoms. The zero-order valence-electron chi connectivity index (χ0n) is 11.0. The monoisotopic (exact) mass is 373 g/mol. The van der Waals surface area contributed by atoms with Crippen LogP contribution in [0, 0.1) is 11.6 Å². The zero-order chi connectivity index (χ0) is 15.6. The Morgan fingerprint density at radius 1 is 1.19 bits per heavy atom. The van der Waals surface area contributed by atoms with Crippen LogP contribution in [0.3, 0.4) is 0 Å². The summed E-state index contributed by atoms with van der Waals surface area (Å²) in [4.78, 5) is 12.0. The molecule has 0 radical (unpaired) electrons. The van der Waals surface area contributed by atoms with Crippen LogP contribution < -0.4 is 5.32 Å². The number of amides is 1. The van der Waals surface area contributed by atoms with E-state index in [1.54, 1.807) is 6.92 Å². The molecule has 1 atom stereocenters. The minimum atomic E-state index is -0.859. The smallest absolute Gasteiger partial charge is 0.254 e. The molecule has 0 aromatic heterocycles. The molecule has 0 aliphatic carbocycles. The average Bonchev–Trinajstić information content (AvgIpc) is 2.43. The lowest BCUT2D eigenvalue weighted by molar-refractivity contribution is 0.0935. The van der Waals surface area contributed by atoms with E-state index in [4.69, 9.17) is 11.6 Å². The van der Waals surface area contributed by atoms with Crippen LogP contribution in [0.5, 0.6) is 0 Å². The second-order valence-corrected chi connectivity index (χ2v) is 5.82. The molecule has 0 fully saturated rings. The van der Waals surface area contributed by atoms with Gasteiger partial charge >= 0.3 is 0 Å². The average molecular weight is 375 g/mol. The van der Waals surface area contributed by atoms with Crippen molar-refractivity contribution >= 4 is 33.4 Å². The fourth-order valence-corrected chi connectivity index (χ4v) is 2.22. The maximum Gasteiger partial charge on any atom is 0.254 e. The van der Waals surface area contributed by atoms with Gasteiger partial charge in [0.25, 0.3) is 5.91 Å². The van der Waals surface area contributed by atoms with Crippen molar-refractivity contribution < 1.29 is 13.6 Å². The summed E-state index contributed by atoms with van der Waals surface area (Å²) >= 11 is 8.77. The Hall–Kier alpha value is -1.46. The van der Waals surface area contributed by atoms with Crippen molar-refractivity contribution in [2.45, 2.75) is 13.0 Å². The quantitative estimate of drug-likeness (QED) is 0.763. The molecule has 0 saturated carbocycles. The van der Waals surface area contributed by atoms with Crippen molar-refractivity contribution in [1.29, 1.82) is 0 Å². The van der Waals surface area contributed by atoms with Gasteiger partial charge in [-0.15, -0.1) is 0 Å². The van der Waals surface area contributed by atoms with Gasteiger partial charge in [-0.2, -0.15) is 0 Å². The summed E-state index contributed by atoms with van der Waals surface area (Å²) in [5.74, 6) is -2.39. The van der Waals surface area contributed by atoms with Crippen LogP contribution in [0.4, 0.5) is 8.78 Å². The van der Waals surface area contributed by atoms with Crippen LogP contribution in [0.15, 0.2) is 40.9 Å². The number of hydrogen-bond donors (Lipinski definition) is 1. The van der Waals surface area contributed by atoms with Gasteiger partial charge in [-0.25, -0.2) is 8.78 Å². The first-order valence-corrected chi connectivity index (χ1v) is 7.26. The summed E-state index contributed by atoms with van der Waals surface area (Å²) < 4.78 is 27.9. The second kappa shape index (κ2) is 6.54. The standard InChI is InChI=1S/C15H11BrClF2NO/c1-8(9-2-4-10(16)5-3-9)20-15(21)11-6-14(19)12(17)7-13(11)18/h2-8H,1H3,(H,20,21). The van der Waals surface area contributed by atoms with Gasteiger partial charge in [0.1, 0.15) is 11.6 Å². The lowest BCUT2D eigenvalue weighted by Gasteiger charge is -2.15. The maximum absolute atomic E-state index is 13.7. The fourth-order valence-electron chi connectivity index (χ4n) is 1.81. The Kier molecular flexibility index (Phi) is 4.96. The summed E-state index contributed by atoms with van der Waals surface area (Å²) in [6, 6.07) is 8.56. The van der Waals surface area contributed by atoms with Gasteiger partial charge < -0.3 is 5.32 Å². The zero-order valence-corrected chi connectivity index (χ0v) is 13.3. The summed E-state index contributed by atoms with van der Waals surface area (Å²) in [5, 5.41) is 2.26. The fraction of sp³-hybridized carbons (Fsp3) is 0.133. The van der Waals surface area contributed by atoms with E-state index in [0.717, 1.165) is 22.2 Å². The normalized spacial score (nSPS) is 12.0. The van der Waals surface area contributed by atoms with Gasteiger partial charge in [-0.3, -0.25) is 4.79 Å². The molecule has 1 unspecified atom stereocenters. The summed E-state index contributed by atoms with van der Waals surface area (Å²) in [5.41, 5.74) is 0.474. The lowest BCUT2D eigenvalue weighted by Crippen LogP contribution is -2.27. The topological polar surface area (TPSA) is 29.1 Å². The molecule has 0 heterocycles. The van der Waals surface area contributed by atoms with E-state index >= 15 is 0 Å². The van der Waals surface area contributed by atoms with E-state index in [1.807, 2.05) is 24.3 Å². The number of halogens is 4. The van der Waals surface area contributed by atoms with Gasteiger partial charge in [0.2, 0.25) is 0 Å². The third-order valence-corrected chi connectivity index (χ3v) is 3.79. The number of carbonyl (C=O) groups excluding carboxylic acids is 1. The van der Waals surface area contributed by atoms with Gasteiger partial charge in [-0.05, 0) is 36.8 Å². The number of carbonyl (C=O) groups is 1. The summed E-state index contributed by atoms with van der Waals surface area (Å²) in [6.07, 6.45) is 0. The van der Waals surface area contributed by atoms with Crippen molar-refractivity contribution in [2.75, 3.05) is 0 Å². The first kappa shape index (κ1) is 15.9. The molecule has 0 aliphatic heterocycles. The van der Waals surface area contributed by atoms with Crippen LogP contribution in [-0.2, 0) is 0 Å². The minimum absolute atomic E-state index is 0.344. The molecule has 2 aromatic rings. The first-order valence-electron chi connectivity index (χ1n) is 6.09. The van der Waals surface area contributed by atoms with E-state index in [-0.39, 0.29) is 16.6 Å². The number of hydrogen-bond acceptors (Lipinski definition) is 1. The molecule has 2 aromatic carbocycles. The second-order valence-electron chi connectivity index (χ2n) is 4.49. The van der Waals surface area contributed by atoms with Crippen molar-refractivity contribution in [2.24, 2.45) is 0 Å². The van der Waals surface area contributed by atoms with Crippen LogP contribution in [-0.4, -0.2) is 5.91 Å². The highest BCUT2D eigenvalue weighted by Crippen LogP contribution is 2.21. The number of rotatable bonds is 3. The van der Waals surface area contributed by atoms with Gasteiger partial charge in [0, 0.05) is 4.47 Å². The Labute approximate surface area is 134 Å². The van der Waals surface area contributed by atoms with E-state index < -0.39 is 17.5 Å². The molecule has 2 nitrogen and oxygen atoms in total. The third-order valence-electron chi connectivity index (χ3n) is 2.97. The minimum Gasteiger partial charge on any atom is -0.345 e. The highest BCUT2D eigenvalue weighted by Gasteiger charge is 2.17. The Morgan fingerprint density at radius 3 is 2.43 bits per heavy atom. The van der Waals surface area contributed by atoms with Crippen LogP contribution in [0.1, 0.15) is 28.9 Å². The molecule has 1 amide bonds. The predicted molar refractivity (Wildman–Crippen MR) is 81.4 cm³/mol. The van der Waals surface area contributed by atoms with E-state index in [9.17, 15) is 13.6 Å². The molecule has 0 aliphatic rings. The molecule has 0 bridgehead atoms. The predicted octanol–water partition coefficient (Wildman–Crippen LogP) is 4.87. The molecular weight excluding hydrogens is 364 g/mol. The molecule has 0 spiro atoms. The van der Waals surface area contributed by atoms with Crippen LogP contribution >= 0.6 is 27.5 Å². The van der Waals surface area contributed by atoms with Gasteiger partial charge in [-0.1, -0.05) is 39.7 Å². The Morgan fingerprint density at radius 2 is 1.81 bits per heavy atom. The number of benzene rings is 2. The molecular formula is C15H11BrClF2NO. The SMILES string of the molecule is CC(NC(=O)c1cc(F)c(Cl)cc1F)c1ccc(Br)cc1. The van der Waals surface area contributed by atoms with Crippen LogP contribution in [0.25, 0.3) is 0 Å². The molecule has 110 valence electrons. The summed E-state index contributed by atoms with van der Waals surface area (Å²) in [6.45, 7) is 1.76. The summed E-state index contributed by atoms with van der Waals surface area (Å²) in [7, 11) is 0. The Balaban J connectivity index is 2.18.